The number of nitrogens with one attached hydrogen (secondary N) is 3. The molecular formula is C23H31N5O5Si. The van der Waals surface area contributed by atoms with Crippen molar-refractivity contribution in [2.24, 2.45) is 5.92 Å². The van der Waals surface area contributed by atoms with E-state index in [0.717, 1.165) is 17.2 Å². The highest BCUT2D eigenvalue weighted by Crippen LogP contribution is 2.42. The molecule has 10 nitrogen and oxygen atoms in total. The van der Waals surface area contributed by atoms with Crippen LogP contribution in [0.3, 0.4) is 0 Å². The van der Waals surface area contributed by atoms with Crippen LogP contribution in [0.4, 0.5) is 10.6 Å². The van der Waals surface area contributed by atoms with E-state index in [4.69, 9.17) is 9.47 Å². The first-order valence-electron chi connectivity index (χ1n) is 11.4. The molecule has 11 heteroatoms. The minimum absolute atomic E-state index is 0.116. The molecule has 4 N–H and O–H groups in total. The first-order valence-corrected chi connectivity index (χ1v) is 15.1. The highest BCUT2D eigenvalue weighted by molar-refractivity contribution is 6.76. The van der Waals surface area contributed by atoms with Gasteiger partial charge in [0.05, 0.1) is 31.0 Å². The first kappa shape index (κ1) is 23.8. The molecule has 2 aliphatic rings. The zero-order chi connectivity index (χ0) is 24.5. The Balaban J connectivity index is 1.65. The maximum Gasteiger partial charge on any atom is 0.314 e. The number of aromatic nitrogens is 2. The quantitative estimate of drug-likeness (QED) is 0.443. The molecule has 182 valence electrons. The highest BCUT2D eigenvalue weighted by Gasteiger charge is 2.27. The molecule has 1 aromatic heterocycles. The number of aromatic hydroxyl groups is 1. The Morgan fingerprint density at radius 3 is 2.76 bits per heavy atom. The van der Waals surface area contributed by atoms with Crippen molar-refractivity contribution in [3.63, 3.8) is 0 Å². The number of nitrogens with zero attached hydrogens (tertiary/aromatic N) is 2. The van der Waals surface area contributed by atoms with Gasteiger partial charge in [-0.3, -0.25) is 4.79 Å². The summed E-state index contributed by atoms with van der Waals surface area (Å²) in [6.07, 6.45) is 2.16. The number of amides is 3. The smallest absolute Gasteiger partial charge is 0.314 e. The van der Waals surface area contributed by atoms with E-state index in [1.54, 1.807) is 6.20 Å². The maximum atomic E-state index is 12.9. The second kappa shape index (κ2) is 9.49. The average molecular weight is 486 g/mol. The lowest BCUT2D eigenvalue weighted by atomic mass is 9.99. The molecule has 3 amide bonds. The first-order chi connectivity index (χ1) is 16.1. The van der Waals surface area contributed by atoms with E-state index in [0.29, 0.717) is 36.6 Å². The standard InChI is InChI=1S/C23H31N5O5Si/c1-13-9-17-15(5-6-32-17)19(29)18(13)16-12-24-22(33-7-8-34(2,3)4)20(27-16)28-21(30)14-10-25-23(31)26-11-14/h9,12,14,29H,5-8,10-11H2,1-4H3,(H2,25,26,31)(H,27,28,30). The van der Waals surface area contributed by atoms with Crippen LogP contribution in [0.2, 0.25) is 25.7 Å². The summed E-state index contributed by atoms with van der Waals surface area (Å²) >= 11 is 0. The van der Waals surface area contributed by atoms with Gasteiger partial charge in [-0.2, -0.15) is 0 Å². The number of hydrogen-bond donors (Lipinski definition) is 4. The lowest BCUT2D eigenvalue weighted by Crippen LogP contribution is -2.51. The summed E-state index contributed by atoms with van der Waals surface area (Å²) in [7, 11) is -1.34. The molecule has 1 saturated heterocycles. The van der Waals surface area contributed by atoms with Crippen LogP contribution in [-0.4, -0.2) is 61.4 Å². The number of phenols is 1. The highest BCUT2D eigenvalue weighted by atomic mass is 28.3. The van der Waals surface area contributed by atoms with Gasteiger partial charge in [0.1, 0.15) is 11.5 Å². The Labute approximate surface area is 199 Å². The van der Waals surface area contributed by atoms with Gasteiger partial charge in [0.25, 0.3) is 5.88 Å². The second-order valence-electron chi connectivity index (χ2n) is 9.84. The number of benzene rings is 1. The lowest BCUT2D eigenvalue weighted by Gasteiger charge is -2.23. The fourth-order valence-electron chi connectivity index (χ4n) is 3.88. The van der Waals surface area contributed by atoms with Gasteiger partial charge in [-0.05, 0) is 24.6 Å². The van der Waals surface area contributed by atoms with Crippen LogP contribution < -0.4 is 25.4 Å². The predicted molar refractivity (Wildman–Crippen MR) is 130 cm³/mol. The zero-order valence-electron chi connectivity index (χ0n) is 19.9. The number of fused-ring (bicyclic) bond motifs is 1. The summed E-state index contributed by atoms with van der Waals surface area (Å²) in [5.41, 5.74) is 2.50. The SMILES string of the molecule is Cc1cc2c(c(O)c1-c1cnc(OCC[Si](C)(C)C)c(NC(=O)C3CNC(=O)NC3)n1)CCO2. The van der Waals surface area contributed by atoms with Crippen LogP contribution in [0.25, 0.3) is 11.3 Å². The summed E-state index contributed by atoms with van der Waals surface area (Å²) in [5.74, 6) is 0.432. The number of hydrogen-bond acceptors (Lipinski definition) is 7. The summed E-state index contributed by atoms with van der Waals surface area (Å²) in [4.78, 5) is 33.4. The van der Waals surface area contributed by atoms with Crippen molar-refractivity contribution in [1.82, 2.24) is 20.6 Å². The van der Waals surface area contributed by atoms with E-state index in [2.05, 4.69) is 45.6 Å². The number of urea groups is 1. The summed E-state index contributed by atoms with van der Waals surface area (Å²) < 4.78 is 11.5. The van der Waals surface area contributed by atoms with Gasteiger partial charge in [-0.1, -0.05) is 19.6 Å². The molecule has 0 aliphatic carbocycles. The summed E-state index contributed by atoms with van der Waals surface area (Å²) in [6, 6.07) is 2.51. The third-order valence-corrected chi connectivity index (χ3v) is 7.59. The van der Waals surface area contributed by atoms with E-state index in [-0.39, 0.29) is 42.5 Å². The van der Waals surface area contributed by atoms with Crippen molar-refractivity contribution < 1.29 is 24.2 Å². The van der Waals surface area contributed by atoms with E-state index in [1.165, 1.54) is 0 Å². The average Bonchev–Trinajstić information content (AvgIpc) is 3.23. The van der Waals surface area contributed by atoms with Crippen LogP contribution in [0.1, 0.15) is 11.1 Å². The molecule has 2 aliphatic heterocycles. The number of rotatable bonds is 7. The molecule has 2 aromatic rings. The molecule has 1 aromatic carbocycles. The number of ether oxygens (including phenoxy) is 2. The number of carbonyl (C=O) groups excluding carboxylic acids is 2. The van der Waals surface area contributed by atoms with E-state index < -0.39 is 14.0 Å². The molecule has 34 heavy (non-hydrogen) atoms. The van der Waals surface area contributed by atoms with Gasteiger partial charge in [0.2, 0.25) is 5.91 Å². The minimum Gasteiger partial charge on any atom is -0.507 e. The molecule has 0 atom stereocenters. The van der Waals surface area contributed by atoms with Crippen LogP contribution in [-0.2, 0) is 11.2 Å². The molecule has 0 unspecified atom stereocenters. The Kier molecular flexibility index (Phi) is 6.64. The lowest BCUT2D eigenvalue weighted by molar-refractivity contribution is -0.119. The number of carbonyl (C=O) groups is 2. The topological polar surface area (TPSA) is 135 Å². The Morgan fingerprint density at radius 1 is 1.32 bits per heavy atom. The van der Waals surface area contributed by atoms with Crippen molar-refractivity contribution in [3.8, 4) is 28.6 Å². The second-order valence-corrected chi connectivity index (χ2v) is 15.5. The largest absolute Gasteiger partial charge is 0.507 e. The van der Waals surface area contributed by atoms with Crippen LogP contribution in [0.15, 0.2) is 12.3 Å². The van der Waals surface area contributed by atoms with Gasteiger partial charge in [0, 0.05) is 38.7 Å². The van der Waals surface area contributed by atoms with Crippen LogP contribution in [0.5, 0.6) is 17.4 Å². The van der Waals surface area contributed by atoms with Gasteiger partial charge in [-0.25, -0.2) is 14.8 Å². The fraction of sp³-hybridized carbons (Fsp3) is 0.478. The van der Waals surface area contributed by atoms with Crippen molar-refractivity contribution in [2.75, 3.05) is 31.6 Å². The molecular weight excluding hydrogens is 454 g/mol. The van der Waals surface area contributed by atoms with E-state index in [9.17, 15) is 14.7 Å². The van der Waals surface area contributed by atoms with Crippen molar-refractivity contribution in [3.05, 3.63) is 23.4 Å². The van der Waals surface area contributed by atoms with Crippen LogP contribution >= 0.6 is 0 Å². The van der Waals surface area contributed by atoms with Gasteiger partial charge in [0.15, 0.2) is 5.82 Å². The molecule has 0 bridgehead atoms. The Morgan fingerprint density at radius 2 is 2.06 bits per heavy atom. The zero-order valence-corrected chi connectivity index (χ0v) is 20.9. The third kappa shape index (κ3) is 5.24. The molecule has 1 fully saturated rings. The molecule has 3 heterocycles. The molecule has 0 spiro atoms. The van der Waals surface area contributed by atoms with Crippen molar-refractivity contribution in [2.45, 2.75) is 39.0 Å². The van der Waals surface area contributed by atoms with E-state index in [1.807, 2.05) is 13.0 Å². The van der Waals surface area contributed by atoms with Gasteiger partial charge < -0.3 is 30.5 Å². The van der Waals surface area contributed by atoms with Gasteiger partial charge >= 0.3 is 6.03 Å². The van der Waals surface area contributed by atoms with Crippen molar-refractivity contribution >= 4 is 25.8 Å². The Bertz CT molecular complexity index is 1110. The molecule has 4 rings (SSSR count). The summed E-state index contributed by atoms with van der Waals surface area (Å²) in [6.45, 7) is 10.1. The normalized spacial score (nSPS) is 15.7. The fourth-order valence-corrected chi connectivity index (χ4v) is 4.59. The summed E-state index contributed by atoms with van der Waals surface area (Å²) in [5, 5.41) is 19.0. The predicted octanol–water partition coefficient (Wildman–Crippen LogP) is 2.68. The van der Waals surface area contributed by atoms with E-state index >= 15 is 0 Å². The number of phenolic OH excluding ortho intramolecular Hbond substituents is 1. The van der Waals surface area contributed by atoms with Crippen molar-refractivity contribution in [1.29, 1.82) is 0 Å². The van der Waals surface area contributed by atoms with Gasteiger partial charge in [-0.15, -0.1) is 0 Å². The van der Waals surface area contributed by atoms with Crippen LogP contribution in [0, 0.1) is 12.8 Å². The Hall–Kier alpha value is -3.34. The number of anilines is 1. The number of aryl methyl sites for hydroxylation is 1. The third-order valence-electron chi connectivity index (χ3n) is 5.89. The minimum atomic E-state index is -1.34. The maximum absolute atomic E-state index is 12.9. The molecule has 0 saturated carbocycles. The monoisotopic (exact) mass is 485 g/mol. The molecule has 0 radical (unpaired) electrons.